The maximum absolute atomic E-state index is 13.2. The monoisotopic (exact) mass is 451 g/mol. The average molecular weight is 452 g/mol. The molecule has 0 fully saturated rings. The summed E-state index contributed by atoms with van der Waals surface area (Å²) < 4.78 is 38.5. The number of amides is 1. The number of nitrogens with one attached hydrogen (secondary N) is 2. The Morgan fingerprint density at radius 2 is 1.68 bits per heavy atom. The molecule has 170 valence electrons. The van der Waals surface area contributed by atoms with E-state index in [0.29, 0.717) is 5.39 Å². The predicted molar refractivity (Wildman–Crippen MR) is 119 cm³/mol. The van der Waals surface area contributed by atoms with Crippen LogP contribution in [0.4, 0.5) is 10.5 Å². The highest BCUT2D eigenvalue weighted by molar-refractivity contribution is 7.89. The van der Waals surface area contributed by atoms with E-state index in [0.717, 1.165) is 18.2 Å². The van der Waals surface area contributed by atoms with Crippen LogP contribution < -0.4 is 14.9 Å². The van der Waals surface area contributed by atoms with Crippen molar-refractivity contribution < 1.29 is 27.5 Å². The van der Waals surface area contributed by atoms with Crippen LogP contribution >= 0.6 is 0 Å². The van der Waals surface area contributed by atoms with Gasteiger partial charge in [0.2, 0.25) is 10.0 Å². The van der Waals surface area contributed by atoms with Crippen LogP contribution in [0.3, 0.4) is 0 Å². The van der Waals surface area contributed by atoms with Crippen LogP contribution in [-0.2, 0) is 24.3 Å². The number of carbonyl (C=O) groups is 2. The molecule has 9 nitrogen and oxygen atoms in total. The number of hydrogen-bond donors (Lipinski definition) is 2. The van der Waals surface area contributed by atoms with Crippen LogP contribution in [0.1, 0.15) is 20.8 Å². The van der Waals surface area contributed by atoms with Crippen molar-refractivity contribution in [1.82, 2.24) is 10.0 Å². The lowest BCUT2D eigenvalue weighted by Gasteiger charge is -2.22. The first kappa shape index (κ1) is 24.4. The number of methoxy groups -OCH3 is 1. The molecule has 0 spiro atoms. The van der Waals surface area contributed by atoms with Gasteiger partial charge in [0.1, 0.15) is 11.6 Å². The summed E-state index contributed by atoms with van der Waals surface area (Å²) in [6.45, 7) is 4.73. The number of rotatable bonds is 7. The van der Waals surface area contributed by atoms with Crippen molar-refractivity contribution in [2.45, 2.75) is 37.3 Å². The molecule has 0 unspecified atom stereocenters. The topological polar surface area (TPSA) is 114 Å². The molecule has 0 bridgehead atoms. The summed E-state index contributed by atoms with van der Waals surface area (Å²) in [5.74, 6) is -0.839. The Morgan fingerprint density at radius 1 is 1.06 bits per heavy atom. The zero-order valence-electron chi connectivity index (χ0n) is 18.6. The Morgan fingerprint density at radius 3 is 2.26 bits per heavy atom. The molecule has 0 heterocycles. The quantitative estimate of drug-likeness (QED) is 0.621. The summed E-state index contributed by atoms with van der Waals surface area (Å²) in [5, 5.41) is 3.65. The van der Waals surface area contributed by atoms with E-state index < -0.39 is 33.7 Å². The summed E-state index contributed by atoms with van der Waals surface area (Å²) in [6, 6.07) is 8.92. The molecule has 0 saturated carbocycles. The molecule has 0 radical (unpaired) electrons. The van der Waals surface area contributed by atoms with E-state index in [1.54, 1.807) is 39.0 Å². The Balaban J connectivity index is 2.34. The first-order valence-corrected chi connectivity index (χ1v) is 11.1. The van der Waals surface area contributed by atoms with Crippen molar-refractivity contribution in [2.75, 3.05) is 32.6 Å². The first-order chi connectivity index (χ1) is 14.4. The fourth-order valence-corrected chi connectivity index (χ4v) is 4.36. The zero-order chi connectivity index (χ0) is 23.4. The molecule has 31 heavy (non-hydrogen) atoms. The van der Waals surface area contributed by atoms with Crippen molar-refractivity contribution in [3.8, 4) is 0 Å². The van der Waals surface area contributed by atoms with Gasteiger partial charge in [0.25, 0.3) is 0 Å². The van der Waals surface area contributed by atoms with Gasteiger partial charge in [0, 0.05) is 37.1 Å². The Kier molecular flexibility index (Phi) is 7.50. The van der Waals surface area contributed by atoms with E-state index in [1.807, 2.05) is 31.1 Å². The summed E-state index contributed by atoms with van der Waals surface area (Å²) >= 11 is 0. The Labute approximate surface area is 182 Å². The van der Waals surface area contributed by atoms with Gasteiger partial charge in [-0.25, -0.2) is 13.2 Å². The number of alkyl carbamates (subject to hydrolysis) is 1. The van der Waals surface area contributed by atoms with E-state index in [-0.39, 0.29) is 11.4 Å². The minimum atomic E-state index is -4.13. The number of sulfonamides is 1. The van der Waals surface area contributed by atoms with Crippen molar-refractivity contribution in [3.05, 3.63) is 36.4 Å². The van der Waals surface area contributed by atoms with Crippen molar-refractivity contribution >= 4 is 38.5 Å². The van der Waals surface area contributed by atoms with Crippen LogP contribution in [0.2, 0.25) is 0 Å². The molecule has 1 amide bonds. The highest BCUT2D eigenvalue weighted by Gasteiger charge is 2.29. The summed E-state index contributed by atoms with van der Waals surface area (Å²) in [6.07, 6.45) is -0.776. The largest absolute Gasteiger partial charge is 0.468 e. The van der Waals surface area contributed by atoms with Gasteiger partial charge >= 0.3 is 12.1 Å². The summed E-state index contributed by atoms with van der Waals surface area (Å²) in [4.78, 5) is 26.0. The molecule has 2 aromatic carbocycles. The fourth-order valence-electron chi connectivity index (χ4n) is 2.95. The summed E-state index contributed by atoms with van der Waals surface area (Å²) in [7, 11) is 0.739. The standard InChI is InChI=1S/C21H29N3O6S/c1-21(2,3)30-20(26)22-13-16(19(25)29-6)23-31(27,28)18-12-8-9-14-15(18)10-7-11-17(14)24(4)5/h7-12,16,23H,13H2,1-6H3,(H,22,26)/t16-/m0/s1. The second-order valence-corrected chi connectivity index (χ2v) is 9.79. The van der Waals surface area contributed by atoms with E-state index >= 15 is 0 Å². The third-order valence-corrected chi connectivity index (χ3v) is 5.79. The van der Waals surface area contributed by atoms with E-state index in [1.165, 1.54) is 6.07 Å². The minimum Gasteiger partial charge on any atom is -0.468 e. The van der Waals surface area contributed by atoms with Gasteiger partial charge in [0.15, 0.2) is 0 Å². The molecular weight excluding hydrogens is 422 g/mol. The molecule has 10 heteroatoms. The van der Waals surface area contributed by atoms with Crippen LogP contribution in [0.15, 0.2) is 41.3 Å². The lowest BCUT2D eigenvalue weighted by molar-refractivity contribution is -0.142. The van der Waals surface area contributed by atoms with Gasteiger partial charge in [-0.1, -0.05) is 24.3 Å². The number of esters is 1. The van der Waals surface area contributed by atoms with Crippen LogP contribution in [0, 0.1) is 0 Å². The molecule has 2 aromatic rings. The number of nitrogens with zero attached hydrogens (tertiary/aromatic N) is 1. The molecule has 0 aromatic heterocycles. The average Bonchev–Trinajstić information content (AvgIpc) is 2.68. The van der Waals surface area contributed by atoms with Gasteiger partial charge in [-0.3, -0.25) is 4.79 Å². The van der Waals surface area contributed by atoms with Gasteiger partial charge in [-0.15, -0.1) is 0 Å². The lowest BCUT2D eigenvalue weighted by atomic mass is 10.1. The number of fused-ring (bicyclic) bond motifs is 1. The second-order valence-electron chi connectivity index (χ2n) is 8.10. The Hall–Kier alpha value is -2.85. The number of benzene rings is 2. The molecule has 2 rings (SSSR count). The normalized spacial score (nSPS) is 12.8. The van der Waals surface area contributed by atoms with Gasteiger partial charge < -0.3 is 19.7 Å². The van der Waals surface area contributed by atoms with Crippen LogP contribution in [0.5, 0.6) is 0 Å². The van der Waals surface area contributed by atoms with Gasteiger partial charge in [-0.05, 0) is 32.9 Å². The SMILES string of the molecule is COC(=O)[C@H](CNC(=O)OC(C)(C)C)NS(=O)(=O)c1cccc2c(N(C)C)cccc12. The molecular formula is C21H29N3O6S. The molecule has 0 aliphatic rings. The number of carbonyl (C=O) groups excluding carboxylic acids is 2. The Bertz CT molecular complexity index is 1060. The van der Waals surface area contributed by atoms with Crippen molar-refractivity contribution in [1.29, 1.82) is 0 Å². The molecule has 1 atom stereocenters. The van der Waals surface area contributed by atoms with Crippen molar-refractivity contribution in [3.63, 3.8) is 0 Å². The van der Waals surface area contributed by atoms with Gasteiger partial charge in [0.05, 0.1) is 12.0 Å². The third-order valence-electron chi connectivity index (χ3n) is 4.26. The fraction of sp³-hybridized carbons (Fsp3) is 0.429. The maximum atomic E-state index is 13.2. The second kappa shape index (κ2) is 9.52. The summed E-state index contributed by atoms with van der Waals surface area (Å²) in [5.41, 5.74) is 0.114. The highest BCUT2D eigenvalue weighted by atomic mass is 32.2. The third kappa shape index (κ3) is 6.31. The number of ether oxygens (including phenoxy) is 2. The zero-order valence-corrected chi connectivity index (χ0v) is 19.4. The predicted octanol–water partition coefficient (Wildman–Crippen LogP) is 2.25. The molecule has 0 aliphatic heterocycles. The lowest BCUT2D eigenvalue weighted by Crippen LogP contribution is -2.49. The van der Waals surface area contributed by atoms with Crippen molar-refractivity contribution in [2.24, 2.45) is 0 Å². The minimum absolute atomic E-state index is 0.0138. The molecule has 0 aliphatic carbocycles. The highest BCUT2D eigenvalue weighted by Crippen LogP contribution is 2.30. The molecule has 0 saturated heterocycles. The smallest absolute Gasteiger partial charge is 0.407 e. The van der Waals surface area contributed by atoms with E-state index in [2.05, 4.69) is 10.0 Å². The van der Waals surface area contributed by atoms with E-state index in [4.69, 9.17) is 9.47 Å². The molecule has 2 N–H and O–H groups in total. The van der Waals surface area contributed by atoms with Gasteiger partial charge in [-0.2, -0.15) is 4.72 Å². The first-order valence-electron chi connectivity index (χ1n) is 9.62. The number of hydrogen-bond acceptors (Lipinski definition) is 7. The van der Waals surface area contributed by atoms with Crippen LogP contribution in [0.25, 0.3) is 10.8 Å². The van der Waals surface area contributed by atoms with E-state index in [9.17, 15) is 18.0 Å². The maximum Gasteiger partial charge on any atom is 0.407 e. The van der Waals surface area contributed by atoms with Crippen LogP contribution in [-0.4, -0.2) is 59.9 Å². The number of anilines is 1.